The summed E-state index contributed by atoms with van der Waals surface area (Å²) in [6.07, 6.45) is 0. The van der Waals surface area contributed by atoms with Gasteiger partial charge < -0.3 is 15.0 Å². The number of rotatable bonds is 4. The predicted molar refractivity (Wildman–Crippen MR) is 104 cm³/mol. The molecule has 0 saturated heterocycles. The second-order valence-electron chi connectivity index (χ2n) is 6.51. The molecular formula is C22H16F2N2O3. The van der Waals surface area contributed by atoms with Crippen LogP contribution in [0.5, 0.6) is 5.75 Å². The number of amides is 2. The number of carbonyl (C=O) groups excluding carboxylic acids is 2. The van der Waals surface area contributed by atoms with E-state index >= 15 is 0 Å². The fraction of sp³-hybridized carbons (Fsp3) is 0.0909. The van der Waals surface area contributed by atoms with Gasteiger partial charge in [-0.25, -0.2) is 8.78 Å². The second-order valence-corrected chi connectivity index (χ2v) is 6.51. The molecule has 146 valence electrons. The van der Waals surface area contributed by atoms with Crippen molar-refractivity contribution in [3.63, 3.8) is 0 Å². The lowest BCUT2D eigenvalue weighted by atomic mass is 10.1. The lowest BCUT2D eigenvalue weighted by Crippen LogP contribution is -2.38. The molecule has 1 N–H and O–H groups in total. The van der Waals surface area contributed by atoms with E-state index in [1.165, 1.54) is 0 Å². The Balaban J connectivity index is 1.62. The number of benzene rings is 3. The molecule has 0 aromatic heterocycles. The number of nitrogens with one attached hydrogen (secondary N) is 1. The number of nitrogens with zero attached hydrogens (tertiary/aromatic N) is 1. The lowest BCUT2D eigenvalue weighted by Gasteiger charge is -2.30. The molecule has 7 heteroatoms. The summed E-state index contributed by atoms with van der Waals surface area (Å²) in [6, 6.07) is 16.9. The molecule has 0 saturated carbocycles. The smallest absolute Gasteiger partial charge is 0.265 e. The number of hydrogen-bond donors (Lipinski definition) is 1. The van der Waals surface area contributed by atoms with E-state index in [-0.39, 0.29) is 12.5 Å². The van der Waals surface area contributed by atoms with E-state index in [4.69, 9.17) is 4.74 Å². The first kappa shape index (κ1) is 18.6. The molecule has 3 aromatic rings. The Morgan fingerprint density at radius 1 is 1.03 bits per heavy atom. The fourth-order valence-corrected chi connectivity index (χ4v) is 3.09. The van der Waals surface area contributed by atoms with Crippen molar-refractivity contribution >= 4 is 23.2 Å². The van der Waals surface area contributed by atoms with Gasteiger partial charge in [0.15, 0.2) is 6.61 Å². The quantitative estimate of drug-likeness (QED) is 0.724. The molecule has 0 fully saturated rings. The van der Waals surface area contributed by atoms with E-state index in [1.54, 1.807) is 23.1 Å². The maximum Gasteiger partial charge on any atom is 0.265 e. The Bertz CT molecular complexity index is 1090. The highest BCUT2D eigenvalue weighted by atomic mass is 19.1. The highest BCUT2D eigenvalue weighted by Crippen LogP contribution is 2.35. The third-order valence-electron chi connectivity index (χ3n) is 4.52. The Kier molecular flexibility index (Phi) is 4.95. The van der Waals surface area contributed by atoms with Crippen LogP contribution in [0.25, 0.3) is 0 Å². The predicted octanol–water partition coefficient (Wildman–Crippen LogP) is 4.14. The van der Waals surface area contributed by atoms with Gasteiger partial charge in [-0.3, -0.25) is 9.59 Å². The number of ether oxygens (including phenoxy) is 1. The van der Waals surface area contributed by atoms with E-state index in [0.717, 1.165) is 23.8 Å². The van der Waals surface area contributed by atoms with Crippen LogP contribution in [-0.2, 0) is 11.3 Å². The molecule has 1 aliphatic rings. The number of fused-ring (bicyclic) bond motifs is 1. The van der Waals surface area contributed by atoms with Crippen LogP contribution in [0.3, 0.4) is 0 Å². The summed E-state index contributed by atoms with van der Waals surface area (Å²) < 4.78 is 32.7. The number of anilines is 2. The van der Waals surface area contributed by atoms with Gasteiger partial charge in [-0.2, -0.15) is 0 Å². The van der Waals surface area contributed by atoms with Gasteiger partial charge >= 0.3 is 0 Å². The van der Waals surface area contributed by atoms with Gasteiger partial charge in [0.1, 0.15) is 17.4 Å². The SMILES string of the molecule is O=C(Nc1ccc2c(c1)N(Cc1ccccc1)C(=O)CO2)c1cc(F)ccc1F. The molecule has 29 heavy (non-hydrogen) atoms. The summed E-state index contributed by atoms with van der Waals surface area (Å²) in [6.45, 7) is 0.256. The summed E-state index contributed by atoms with van der Waals surface area (Å²) in [5.74, 6) is -2.06. The molecule has 0 bridgehead atoms. The molecule has 1 aliphatic heterocycles. The Hall–Kier alpha value is -3.74. The first-order chi connectivity index (χ1) is 14.0. The molecule has 0 unspecified atom stereocenters. The van der Waals surface area contributed by atoms with Gasteiger partial charge in [-0.1, -0.05) is 30.3 Å². The van der Waals surface area contributed by atoms with Crippen molar-refractivity contribution in [2.75, 3.05) is 16.8 Å². The zero-order valence-electron chi connectivity index (χ0n) is 15.2. The van der Waals surface area contributed by atoms with Crippen LogP contribution in [-0.4, -0.2) is 18.4 Å². The third-order valence-corrected chi connectivity index (χ3v) is 4.52. The monoisotopic (exact) mass is 394 g/mol. The Morgan fingerprint density at radius 3 is 2.62 bits per heavy atom. The van der Waals surface area contributed by atoms with Crippen molar-refractivity contribution in [1.82, 2.24) is 0 Å². The molecule has 0 atom stereocenters. The zero-order valence-corrected chi connectivity index (χ0v) is 15.2. The van der Waals surface area contributed by atoms with Crippen molar-refractivity contribution in [1.29, 1.82) is 0 Å². The van der Waals surface area contributed by atoms with Crippen molar-refractivity contribution in [2.24, 2.45) is 0 Å². The van der Waals surface area contributed by atoms with Crippen molar-refractivity contribution in [3.8, 4) is 5.75 Å². The molecule has 4 rings (SSSR count). The largest absolute Gasteiger partial charge is 0.482 e. The first-order valence-electron chi connectivity index (χ1n) is 8.89. The summed E-state index contributed by atoms with van der Waals surface area (Å²) >= 11 is 0. The summed E-state index contributed by atoms with van der Waals surface area (Å²) in [5.41, 5.74) is 1.34. The average Bonchev–Trinajstić information content (AvgIpc) is 2.72. The zero-order chi connectivity index (χ0) is 20.4. The fourth-order valence-electron chi connectivity index (χ4n) is 3.09. The maximum atomic E-state index is 13.9. The topological polar surface area (TPSA) is 58.6 Å². The number of halogens is 2. The molecule has 0 aliphatic carbocycles. The van der Waals surface area contributed by atoms with Crippen molar-refractivity contribution in [2.45, 2.75) is 6.54 Å². The molecule has 5 nitrogen and oxygen atoms in total. The van der Waals surface area contributed by atoms with Gasteiger partial charge in [0.2, 0.25) is 0 Å². The minimum atomic E-state index is -0.828. The van der Waals surface area contributed by atoms with Gasteiger partial charge in [0.05, 0.1) is 17.8 Å². The Morgan fingerprint density at radius 2 is 1.83 bits per heavy atom. The van der Waals surface area contributed by atoms with E-state index < -0.39 is 23.1 Å². The van der Waals surface area contributed by atoms with Gasteiger partial charge in [0.25, 0.3) is 11.8 Å². The standard InChI is InChI=1S/C22H16F2N2O3/c23-15-6-8-18(24)17(10-15)22(28)25-16-7-9-20-19(11-16)26(21(27)13-29-20)12-14-4-2-1-3-5-14/h1-11H,12-13H2,(H,25,28). The first-order valence-corrected chi connectivity index (χ1v) is 8.89. The molecule has 0 spiro atoms. The van der Waals surface area contributed by atoms with E-state index in [9.17, 15) is 18.4 Å². The van der Waals surface area contributed by atoms with Gasteiger partial charge in [-0.05, 0) is 42.0 Å². The van der Waals surface area contributed by atoms with Gasteiger partial charge in [0, 0.05) is 5.69 Å². The maximum absolute atomic E-state index is 13.9. The average molecular weight is 394 g/mol. The van der Waals surface area contributed by atoms with E-state index in [2.05, 4.69) is 5.32 Å². The van der Waals surface area contributed by atoms with Crippen LogP contribution in [0.2, 0.25) is 0 Å². The highest BCUT2D eigenvalue weighted by Gasteiger charge is 2.26. The van der Waals surface area contributed by atoms with Crippen LogP contribution in [0.4, 0.5) is 20.2 Å². The molecule has 3 aromatic carbocycles. The minimum Gasteiger partial charge on any atom is -0.482 e. The van der Waals surface area contributed by atoms with E-state index in [0.29, 0.717) is 23.7 Å². The number of carbonyl (C=O) groups is 2. The molecule has 1 heterocycles. The van der Waals surface area contributed by atoms with Crippen molar-refractivity contribution in [3.05, 3.63) is 89.5 Å². The molecule has 0 radical (unpaired) electrons. The van der Waals surface area contributed by atoms with E-state index in [1.807, 2.05) is 30.3 Å². The van der Waals surface area contributed by atoms with Crippen LogP contribution in [0.15, 0.2) is 66.7 Å². The second kappa shape index (κ2) is 7.71. The molecular weight excluding hydrogens is 378 g/mol. The van der Waals surface area contributed by atoms with Crippen molar-refractivity contribution < 1.29 is 23.1 Å². The van der Waals surface area contributed by atoms with Crippen LogP contribution < -0.4 is 15.0 Å². The lowest BCUT2D eigenvalue weighted by molar-refractivity contribution is -0.121. The van der Waals surface area contributed by atoms with Crippen LogP contribution in [0.1, 0.15) is 15.9 Å². The normalized spacial score (nSPS) is 12.9. The van der Waals surface area contributed by atoms with Crippen LogP contribution >= 0.6 is 0 Å². The minimum absolute atomic E-state index is 0.0833. The number of hydrogen-bond acceptors (Lipinski definition) is 3. The highest BCUT2D eigenvalue weighted by molar-refractivity contribution is 6.05. The summed E-state index contributed by atoms with van der Waals surface area (Å²) in [5, 5.41) is 2.54. The molecule has 2 amide bonds. The van der Waals surface area contributed by atoms with Crippen LogP contribution in [0, 0.1) is 11.6 Å². The third kappa shape index (κ3) is 3.94. The summed E-state index contributed by atoms with van der Waals surface area (Å²) in [4.78, 5) is 26.3. The Labute approximate surface area is 165 Å². The summed E-state index contributed by atoms with van der Waals surface area (Å²) in [7, 11) is 0. The van der Waals surface area contributed by atoms with Gasteiger partial charge in [-0.15, -0.1) is 0 Å².